The molecule has 0 radical (unpaired) electrons. The van der Waals surface area contributed by atoms with Gasteiger partial charge in [0.05, 0.1) is 0 Å². The summed E-state index contributed by atoms with van der Waals surface area (Å²) in [5.74, 6) is -0.117. The third-order valence-corrected chi connectivity index (χ3v) is 3.73. The smallest absolute Gasteiger partial charge is 0.165 e. The van der Waals surface area contributed by atoms with E-state index in [1.165, 1.54) is 11.6 Å². The fourth-order valence-corrected chi connectivity index (χ4v) is 2.36. The summed E-state index contributed by atoms with van der Waals surface area (Å²) >= 11 is 0. The van der Waals surface area contributed by atoms with E-state index in [9.17, 15) is 9.18 Å². The van der Waals surface area contributed by atoms with Crippen LogP contribution in [0.15, 0.2) is 54.7 Å². The van der Waals surface area contributed by atoms with Gasteiger partial charge in [-0.3, -0.25) is 9.69 Å². The summed E-state index contributed by atoms with van der Waals surface area (Å²) in [5, 5.41) is 0. The zero-order valence-electron chi connectivity index (χ0n) is 16.1. The highest BCUT2D eigenvalue weighted by molar-refractivity contribution is 5.81. The molecule has 0 aromatic heterocycles. The van der Waals surface area contributed by atoms with Gasteiger partial charge < -0.3 is 4.74 Å². The van der Waals surface area contributed by atoms with Crippen LogP contribution in [0.5, 0.6) is 5.75 Å². The summed E-state index contributed by atoms with van der Waals surface area (Å²) < 4.78 is 19.5. The van der Waals surface area contributed by atoms with Crippen molar-refractivity contribution >= 4 is 5.78 Å². The van der Waals surface area contributed by atoms with Crippen LogP contribution in [0.3, 0.4) is 0 Å². The van der Waals surface area contributed by atoms with Gasteiger partial charge in [0, 0.05) is 25.9 Å². The molecule has 0 atom stereocenters. The van der Waals surface area contributed by atoms with Crippen molar-refractivity contribution in [3.63, 3.8) is 0 Å². The summed E-state index contributed by atoms with van der Waals surface area (Å²) in [4.78, 5) is 14.0. The van der Waals surface area contributed by atoms with Crippen LogP contribution in [0, 0.1) is 5.82 Å². The van der Waals surface area contributed by atoms with Gasteiger partial charge in [-0.1, -0.05) is 35.9 Å². The number of carbonyl (C=O) groups excluding carboxylic acids is 1. The first-order chi connectivity index (χ1) is 12.4. The van der Waals surface area contributed by atoms with E-state index in [0.29, 0.717) is 18.6 Å². The van der Waals surface area contributed by atoms with Crippen LogP contribution in [0.25, 0.3) is 0 Å². The molecule has 142 valence electrons. The molecule has 0 saturated carbocycles. The summed E-state index contributed by atoms with van der Waals surface area (Å²) in [6, 6.07) is 4.72. The van der Waals surface area contributed by atoms with Crippen LogP contribution in [-0.2, 0) is 11.2 Å². The van der Waals surface area contributed by atoms with E-state index in [2.05, 4.69) is 11.5 Å². The van der Waals surface area contributed by atoms with Crippen molar-refractivity contribution < 1.29 is 13.9 Å². The van der Waals surface area contributed by atoms with Gasteiger partial charge in [0.2, 0.25) is 0 Å². The number of likely N-dealkylation sites (N-methyl/N-ethyl adjacent to an activating group) is 1. The van der Waals surface area contributed by atoms with Crippen molar-refractivity contribution in [2.24, 2.45) is 0 Å². The molecule has 26 heavy (non-hydrogen) atoms. The lowest BCUT2D eigenvalue weighted by molar-refractivity contribution is -0.118. The molecule has 3 nitrogen and oxygen atoms in total. The molecular formula is C22H30FNO2. The quantitative estimate of drug-likeness (QED) is 0.505. The lowest BCUT2D eigenvalue weighted by Gasteiger charge is -2.10. The Balaban J connectivity index is 2.44. The van der Waals surface area contributed by atoms with E-state index in [1.54, 1.807) is 12.1 Å². The molecule has 0 aliphatic carbocycles. The zero-order valence-corrected chi connectivity index (χ0v) is 16.1. The molecule has 1 aromatic rings. The fourth-order valence-electron chi connectivity index (χ4n) is 2.36. The molecule has 0 unspecified atom stereocenters. The van der Waals surface area contributed by atoms with Crippen LogP contribution in [0.4, 0.5) is 4.39 Å². The Morgan fingerprint density at radius 1 is 1.27 bits per heavy atom. The van der Waals surface area contributed by atoms with Crippen molar-refractivity contribution in [1.29, 1.82) is 0 Å². The lowest BCUT2D eigenvalue weighted by atomic mass is 10.0. The minimum Gasteiger partial charge on any atom is -0.486 e. The first-order valence-electron chi connectivity index (χ1n) is 8.93. The van der Waals surface area contributed by atoms with E-state index in [4.69, 9.17) is 4.74 Å². The van der Waals surface area contributed by atoms with Crippen molar-refractivity contribution in [3.05, 3.63) is 66.0 Å². The molecule has 1 aromatic carbocycles. The number of hydrogen-bond donors (Lipinski definition) is 0. The second kappa shape index (κ2) is 12.2. The monoisotopic (exact) mass is 359 g/mol. The highest BCUT2D eigenvalue weighted by atomic mass is 19.1. The number of carbonyl (C=O) groups is 1. The van der Waals surface area contributed by atoms with Gasteiger partial charge in [-0.15, -0.1) is 6.58 Å². The maximum atomic E-state index is 14.1. The maximum Gasteiger partial charge on any atom is 0.165 e. The number of halogens is 1. The Morgan fingerprint density at radius 2 is 2.04 bits per heavy atom. The largest absolute Gasteiger partial charge is 0.486 e. The van der Waals surface area contributed by atoms with Crippen molar-refractivity contribution in [3.8, 4) is 5.75 Å². The van der Waals surface area contributed by atoms with E-state index in [-0.39, 0.29) is 18.0 Å². The molecule has 0 saturated heterocycles. The molecular weight excluding hydrogens is 329 g/mol. The molecule has 0 bridgehead atoms. The number of benzene rings is 1. The molecule has 0 spiro atoms. The third-order valence-electron chi connectivity index (χ3n) is 3.73. The second-order valence-electron chi connectivity index (χ2n) is 6.59. The van der Waals surface area contributed by atoms with Gasteiger partial charge in [-0.05, 0) is 45.0 Å². The van der Waals surface area contributed by atoms with Crippen LogP contribution in [0.1, 0.15) is 32.3 Å². The van der Waals surface area contributed by atoms with Gasteiger partial charge in [0.25, 0.3) is 0 Å². The standard InChI is InChI=1S/C22H30FNO2/c1-5-13-24(4)14-6-7-15-26-22-12-11-19(17-21(22)23)16-20(25)10-8-9-18(2)3/h5-7,9,11-12,17H,1,8,10,13-16H2,2-4H3. The van der Waals surface area contributed by atoms with E-state index >= 15 is 0 Å². The number of ketones is 1. The number of nitrogens with zero attached hydrogens (tertiary/aromatic N) is 1. The van der Waals surface area contributed by atoms with Crippen LogP contribution in [0.2, 0.25) is 0 Å². The van der Waals surface area contributed by atoms with Gasteiger partial charge >= 0.3 is 0 Å². The summed E-state index contributed by atoms with van der Waals surface area (Å²) in [7, 11) is 1.99. The van der Waals surface area contributed by atoms with Crippen LogP contribution in [-0.4, -0.2) is 37.4 Å². The van der Waals surface area contributed by atoms with Crippen molar-refractivity contribution in [1.82, 2.24) is 4.90 Å². The SMILES string of the molecule is C=CCN(C)CC=CCOc1ccc(CC(=O)CCC=C(C)C)cc1F. The molecule has 0 heterocycles. The number of allylic oxidation sites excluding steroid dienone is 2. The number of Topliss-reactive ketones (excluding diaryl/α,β-unsaturated/α-hetero) is 1. The average molecular weight is 359 g/mol. The first kappa shape index (κ1) is 21.8. The van der Waals surface area contributed by atoms with Gasteiger partial charge in [-0.2, -0.15) is 0 Å². The average Bonchev–Trinajstić information content (AvgIpc) is 2.56. The minimum atomic E-state index is -0.434. The molecule has 0 fully saturated rings. The molecule has 4 heteroatoms. The van der Waals surface area contributed by atoms with Crippen LogP contribution >= 0.6 is 0 Å². The molecule has 1 rings (SSSR count). The summed E-state index contributed by atoms with van der Waals surface area (Å²) in [6.45, 7) is 9.60. The maximum absolute atomic E-state index is 14.1. The Morgan fingerprint density at radius 3 is 2.69 bits per heavy atom. The van der Waals surface area contributed by atoms with Gasteiger partial charge in [-0.25, -0.2) is 4.39 Å². The van der Waals surface area contributed by atoms with E-state index in [1.807, 2.05) is 45.2 Å². The molecule has 0 N–H and O–H groups in total. The zero-order chi connectivity index (χ0) is 19.4. The second-order valence-corrected chi connectivity index (χ2v) is 6.59. The van der Waals surface area contributed by atoms with Gasteiger partial charge in [0.1, 0.15) is 12.4 Å². The summed E-state index contributed by atoms with van der Waals surface area (Å²) in [5.41, 5.74) is 1.88. The molecule has 0 amide bonds. The number of ether oxygens (including phenoxy) is 1. The highest BCUT2D eigenvalue weighted by Gasteiger charge is 2.08. The van der Waals surface area contributed by atoms with Crippen molar-refractivity contribution in [2.45, 2.75) is 33.1 Å². The van der Waals surface area contributed by atoms with E-state index in [0.717, 1.165) is 19.5 Å². The Kier molecular flexibility index (Phi) is 10.3. The number of hydrogen-bond acceptors (Lipinski definition) is 3. The fraction of sp³-hybridized carbons (Fsp3) is 0.409. The third kappa shape index (κ3) is 9.33. The Labute approximate surface area is 156 Å². The van der Waals surface area contributed by atoms with E-state index < -0.39 is 5.82 Å². The lowest BCUT2D eigenvalue weighted by Crippen LogP contribution is -2.17. The number of rotatable bonds is 12. The topological polar surface area (TPSA) is 29.5 Å². The Hall–Kier alpha value is -2.20. The first-order valence-corrected chi connectivity index (χ1v) is 8.93. The van der Waals surface area contributed by atoms with Gasteiger partial charge in [0.15, 0.2) is 11.6 Å². The predicted molar refractivity (Wildman–Crippen MR) is 106 cm³/mol. The highest BCUT2D eigenvalue weighted by Crippen LogP contribution is 2.19. The normalized spacial score (nSPS) is 11.0. The predicted octanol–water partition coefficient (Wildman–Crippen LogP) is 4.74. The Bertz CT molecular complexity index is 646. The minimum absolute atomic E-state index is 0.113. The van der Waals surface area contributed by atoms with Crippen molar-refractivity contribution in [2.75, 3.05) is 26.7 Å². The summed E-state index contributed by atoms with van der Waals surface area (Å²) in [6.07, 6.45) is 9.19. The molecule has 0 aliphatic heterocycles. The van der Waals surface area contributed by atoms with Crippen LogP contribution < -0.4 is 4.74 Å². The molecule has 0 aliphatic rings.